The lowest BCUT2D eigenvalue weighted by Gasteiger charge is -2.41. The summed E-state index contributed by atoms with van der Waals surface area (Å²) in [5.74, 6) is -1.21. The molecule has 80 heavy (non-hydrogen) atoms. The number of carbonyl (C=O) groups is 2. The van der Waals surface area contributed by atoms with Crippen molar-refractivity contribution in [1.82, 2.24) is 5.32 Å². The largest absolute Gasteiger partial charge is 0.454 e. The maximum absolute atomic E-state index is 13.4. The summed E-state index contributed by atoms with van der Waals surface area (Å²) in [7, 11) is 0. The van der Waals surface area contributed by atoms with Gasteiger partial charge in [0.25, 0.3) is 0 Å². The van der Waals surface area contributed by atoms with E-state index in [1.54, 1.807) is 6.08 Å². The van der Waals surface area contributed by atoms with Crippen molar-refractivity contribution in [1.29, 1.82) is 0 Å². The van der Waals surface area contributed by atoms with Crippen molar-refractivity contribution in [2.45, 2.75) is 365 Å². The van der Waals surface area contributed by atoms with Gasteiger partial charge in [-0.3, -0.25) is 9.59 Å². The molecule has 0 aromatic carbocycles. The van der Waals surface area contributed by atoms with Crippen molar-refractivity contribution in [3.8, 4) is 0 Å². The third kappa shape index (κ3) is 44.2. The Morgan fingerprint density at radius 3 is 1.35 bits per heavy atom. The minimum absolute atomic E-state index is 0.125. The molecule has 8 unspecified atom stereocenters. The van der Waals surface area contributed by atoms with Crippen molar-refractivity contribution in [2.75, 3.05) is 13.2 Å². The van der Waals surface area contributed by atoms with E-state index in [9.17, 15) is 35.1 Å². The van der Waals surface area contributed by atoms with Gasteiger partial charge in [0.1, 0.15) is 24.4 Å². The van der Waals surface area contributed by atoms with Gasteiger partial charge < -0.3 is 45.1 Å². The molecule has 11 nitrogen and oxygen atoms in total. The van der Waals surface area contributed by atoms with E-state index in [0.717, 1.165) is 77.0 Å². The number of hydrogen-bond acceptors (Lipinski definition) is 10. The highest BCUT2D eigenvalue weighted by Crippen LogP contribution is 2.26. The van der Waals surface area contributed by atoms with Gasteiger partial charge in [0.15, 0.2) is 12.4 Å². The predicted octanol–water partition coefficient (Wildman–Crippen LogP) is 16.8. The second kappa shape index (κ2) is 57.1. The Morgan fingerprint density at radius 2 is 0.900 bits per heavy atom. The average Bonchev–Trinajstić information content (AvgIpc) is 3.46. The Hall–Kier alpha value is -2.38. The zero-order valence-electron chi connectivity index (χ0n) is 52.0. The molecule has 1 heterocycles. The number of hydrogen-bond donors (Lipinski definition) is 6. The van der Waals surface area contributed by atoms with E-state index in [-0.39, 0.29) is 19.4 Å². The van der Waals surface area contributed by atoms with Crippen LogP contribution >= 0.6 is 0 Å². The average molecular weight is 1130 g/mol. The van der Waals surface area contributed by atoms with Crippen LogP contribution in [0.25, 0.3) is 0 Å². The third-order valence-corrected chi connectivity index (χ3v) is 16.0. The summed E-state index contributed by atoms with van der Waals surface area (Å²) in [4.78, 5) is 26.6. The lowest BCUT2D eigenvalue weighted by atomic mass is 9.99. The van der Waals surface area contributed by atoms with Crippen molar-refractivity contribution >= 4 is 11.9 Å². The summed E-state index contributed by atoms with van der Waals surface area (Å²) in [6.45, 7) is 5.68. The van der Waals surface area contributed by atoms with Crippen LogP contribution in [0.2, 0.25) is 0 Å². The van der Waals surface area contributed by atoms with Crippen LogP contribution < -0.4 is 5.32 Å². The van der Waals surface area contributed by atoms with Crippen LogP contribution in [-0.4, -0.2) is 99.6 Å². The Bertz CT molecular complexity index is 1490. The summed E-state index contributed by atoms with van der Waals surface area (Å²) in [6, 6.07) is -1.03. The number of rotatable bonds is 58. The van der Waals surface area contributed by atoms with Gasteiger partial charge in [-0.2, -0.15) is 0 Å². The van der Waals surface area contributed by atoms with Crippen molar-refractivity contribution < 1.29 is 49.3 Å². The maximum atomic E-state index is 13.4. The predicted molar refractivity (Wildman–Crippen MR) is 334 cm³/mol. The second-order valence-electron chi connectivity index (χ2n) is 23.5. The summed E-state index contributed by atoms with van der Waals surface area (Å²) >= 11 is 0. The molecule has 6 N–H and O–H groups in total. The lowest BCUT2D eigenvalue weighted by molar-refractivity contribution is -0.305. The van der Waals surface area contributed by atoms with Crippen LogP contribution in [0.4, 0.5) is 0 Å². The van der Waals surface area contributed by atoms with Gasteiger partial charge in [-0.25, -0.2) is 0 Å². The molecule has 1 fully saturated rings. The zero-order valence-corrected chi connectivity index (χ0v) is 52.0. The van der Waals surface area contributed by atoms with E-state index >= 15 is 0 Å². The van der Waals surface area contributed by atoms with Gasteiger partial charge in [-0.15, -0.1) is 0 Å². The Morgan fingerprint density at radius 1 is 0.500 bits per heavy atom. The van der Waals surface area contributed by atoms with Crippen molar-refractivity contribution in [3.05, 3.63) is 48.6 Å². The summed E-state index contributed by atoms with van der Waals surface area (Å²) in [5.41, 5.74) is 0. The smallest absolute Gasteiger partial charge is 0.306 e. The summed E-state index contributed by atoms with van der Waals surface area (Å²) < 4.78 is 17.6. The number of carbonyl (C=O) groups excluding carboxylic acids is 2. The molecule has 0 aromatic heterocycles. The van der Waals surface area contributed by atoms with Crippen LogP contribution in [-0.2, 0) is 23.8 Å². The number of aliphatic hydroxyl groups excluding tert-OH is 5. The van der Waals surface area contributed by atoms with Crippen LogP contribution in [0.3, 0.4) is 0 Å². The van der Waals surface area contributed by atoms with Crippen LogP contribution in [0.1, 0.15) is 316 Å². The van der Waals surface area contributed by atoms with Gasteiger partial charge in [0.2, 0.25) is 5.91 Å². The first-order chi connectivity index (χ1) is 39.2. The van der Waals surface area contributed by atoms with E-state index < -0.39 is 67.4 Å². The number of allylic oxidation sites excluding steroid dienone is 7. The Labute approximate surface area is 491 Å². The van der Waals surface area contributed by atoms with Gasteiger partial charge in [-0.05, 0) is 57.8 Å². The molecule has 8 atom stereocenters. The Balaban J connectivity index is 2.51. The lowest BCUT2D eigenvalue weighted by Crippen LogP contribution is -2.61. The molecule has 0 aromatic rings. The molecule has 0 aliphatic carbocycles. The molecule has 0 radical (unpaired) electrons. The number of aliphatic hydroxyl groups is 5. The highest BCUT2D eigenvalue weighted by Gasteiger charge is 2.47. The Kier molecular flexibility index (Phi) is 54.0. The molecule has 1 rings (SSSR count). The highest BCUT2D eigenvalue weighted by molar-refractivity contribution is 5.80. The number of nitrogens with one attached hydrogen (secondary N) is 1. The molecule has 1 aliphatic heterocycles. The van der Waals surface area contributed by atoms with E-state index in [4.69, 9.17) is 14.2 Å². The molecule has 468 valence electrons. The standard InChI is InChI=1S/C69H127NO10/c1-4-7-10-13-16-19-22-24-25-26-27-28-29-30-31-32-33-34-35-36-37-39-42-45-48-51-54-57-64(74)80-67-66(76)65(75)63(58-71)79-69(67)78-59-60(61(72)55-52-49-46-43-40-21-18-15-12-9-6-3)70-68(77)62(73)56-53-50-47-44-41-38-23-20-17-14-11-8-5-2/h8,11,17,20,38,41,52,55,60-63,65-67,69,71-73,75-76H,4-7,9-10,12-16,18-19,21-37,39-40,42-51,53-54,56-59H2,1-3H3,(H,70,77)/b11-8+,20-17+,41-38+,55-52+. The SMILES string of the molecule is CC/C=C/C/C=C/C/C=C/CCCCCC(O)C(=O)NC(COC1OC(CO)C(O)C(O)C1OC(=O)CCCCCCCCCCCCCCCCCCCCCCCCCCCCC)C(O)/C=C/CCCCCCCCCCC. The molecule has 0 saturated carbocycles. The van der Waals surface area contributed by atoms with Crippen LogP contribution in [0.5, 0.6) is 0 Å². The van der Waals surface area contributed by atoms with Crippen molar-refractivity contribution in [2.24, 2.45) is 0 Å². The van der Waals surface area contributed by atoms with Gasteiger partial charge in [-0.1, -0.05) is 301 Å². The van der Waals surface area contributed by atoms with E-state index in [2.05, 4.69) is 62.5 Å². The normalized spacial score (nSPS) is 19.0. The number of amides is 1. The first-order valence-electron chi connectivity index (χ1n) is 33.9. The quantitative estimate of drug-likeness (QED) is 0.0195. The van der Waals surface area contributed by atoms with E-state index in [1.807, 2.05) is 6.08 Å². The van der Waals surface area contributed by atoms with E-state index in [0.29, 0.717) is 12.8 Å². The number of unbranched alkanes of at least 4 members (excludes halogenated alkanes) is 38. The number of esters is 1. The maximum Gasteiger partial charge on any atom is 0.306 e. The minimum atomic E-state index is -1.62. The van der Waals surface area contributed by atoms with Gasteiger partial charge >= 0.3 is 5.97 Å². The van der Waals surface area contributed by atoms with Crippen LogP contribution in [0.15, 0.2) is 48.6 Å². The molecule has 0 bridgehead atoms. The van der Waals surface area contributed by atoms with Crippen molar-refractivity contribution in [3.63, 3.8) is 0 Å². The van der Waals surface area contributed by atoms with E-state index in [1.165, 1.54) is 193 Å². The fourth-order valence-corrected chi connectivity index (χ4v) is 10.7. The highest BCUT2D eigenvalue weighted by atomic mass is 16.7. The monoisotopic (exact) mass is 1130 g/mol. The van der Waals surface area contributed by atoms with Crippen LogP contribution in [0, 0.1) is 0 Å². The molecule has 1 aliphatic rings. The fourth-order valence-electron chi connectivity index (χ4n) is 10.7. The molecular formula is C69H127NO10. The molecule has 1 saturated heterocycles. The first kappa shape index (κ1) is 75.6. The molecule has 0 spiro atoms. The second-order valence-corrected chi connectivity index (χ2v) is 23.5. The minimum Gasteiger partial charge on any atom is -0.454 e. The fraction of sp³-hybridized carbons (Fsp3) is 0.855. The number of ether oxygens (including phenoxy) is 3. The third-order valence-electron chi connectivity index (χ3n) is 16.0. The first-order valence-corrected chi connectivity index (χ1v) is 33.9. The molecule has 11 heteroatoms. The molecular weight excluding hydrogens is 1000 g/mol. The molecule has 1 amide bonds. The van der Waals surface area contributed by atoms with Gasteiger partial charge in [0, 0.05) is 6.42 Å². The topological polar surface area (TPSA) is 175 Å². The zero-order chi connectivity index (χ0) is 58.2. The summed E-state index contributed by atoms with van der Waals surface area (Å²) in [5, 5.41) is 57.0. The summed E-state index contributed by atoms with van der Waals surface area (Å²) in [6.07, 6.45) is 60.4. The van der Waals surface area contributed by atoms with Gasteiger partial charge in [0.05, 0.1) is 25.4 Å².